The van der Waals surface area contributed by atoms with Crippen LogP contribution in [-0.4, -0.2) is 43.3 Å². The second-order valence-electron chi connectivity index (χ2n) is 7.46. The van der Waals surface area contributed by atoms with E-state index in [-0.39, 0.29) is 6.09 Å². The second-order valence-corrected chi connectivity index (χ2v) is 7.46. The van der Waals surface area contributed by atoms with Crippen molar-refractivity contribution in [3.63, 3.8) is 0 Å². The Morgan fingerprint density at radius 2 is 1.83 bits per heavy atom. The van der Waals surface area contributed by atoms with E-state index in [1.165, 1.54) is 12.1 Å². The molecule has 1 aromatic carbocycles. The van der Waals surface area contributed by atoms with Crippen LogP contribution in [0.3, 0.4) is 0 Å². The minimum Gasteiger partial charge on any atom is -0.444 e. The van der Waals surface area contributed by atoms with Crippen LogP contribution in [0.25, 0.3) is 0 Å². The number of ether oxygens (including phenoxy) is 1. The molecule has 1 aromatic rings. The Morgan fingerprint density at radius 1 is 1.22 bits per heavy atom. The number of piperidine rings is 1. The lowest BCUT2D eigenvalue weighted by atomic mass is 9.93. The van der Waals surface area contributed by atoms with Gasteiger partial charge in [-0.1, -0.05) is 18.2 Å². The second kappa shape index (κ2) is 7.71. The fourth-order valence-electron chi connectivity index (χ4n) is 2.92. The number of nitrogens with zero attached hydrogens (tertiary/aromatic N) is 2. The molecule has 1 heterocycles. The van der Waals surface area contributed by atoms with Crippen molar-refractivity contribution in [1.82, 2.24) is 4.90 Å². The molecule has 0 aliphatic carbocycles. The summed E-state index contributed by atoms with van der Waals surface area (Å²) in [6, 6.07) is 10.5. The third-order valence-electron chi connectivity index (χ3n) is 4.34. The summed E-state index contributed by atoms with van der Waals surface area (Å²) in [6.45, 7) is 8.43. The zero-order valence-electron chi connectivity index (χ0n) is 14.9. The van der Waals surface area contributed by atoms with Gasteiger partial charge in [0.25, 0.3) is 0 Å². The highest BCUT2D eigenvalue weighted by molar-refractivity contribution is 5.68. The Kier molecular flexibility index (Phi) is 5.91. The topological polar surface area (TPSA) is 32.8 Å². The summed E-state index contributed by atoms with van der Waals surface area (Å²) >= 11 is 0. The zero-order chi connectivity index (χ0) is 16.9. The summed E-state index contributed by atoms with van der Waals surface area (Å²) < 4.78 is 5.45. The summed E-state index contributed by atoms with van der Waals surface area (Å²) in [5, 5.41) is 0. The molecule has 0 aromatic heterocycles. The molecule has 23 heavy (non-hydrogen) atoms. The molecule has 0 N–H and O–H groups in total. The van der Waals surface area contributed by atoms with Gasteiger partial charge < -0.3 is 14.5 Å². The molecule has 1 saturated heterocycles. The van der Waals surface area contributed by atoms with E-state index in [4.69, 9.17) is 4.74 Å². The van der Waals surface area contributed by atoms with Crippen molar-refractivity contribution in [1.29, 1.82) is 0 Å². The van der Waals surface area contributed by atoms with Crippen LogP contribution in [-0.2, 0) is 4.74 Å². The lowest BCUT2D eigenvalue weighted by Gasteiger charge is -2.34. The van der Waals surface area contributed by atoms with Gasteiger partial charge in [0.15, 0.2) is 0 Å². The molecule has 0 spiro atoms. The fraction of sp³-hybridized carbons (Fsp3) is 0.632. The van der Waals surface area contributed by atoms with Crippen LogP contribution in [0.1, 0.15) is 40.0 Å². The normalized spacial score (nSPS) is 16.3. The minimum absolute atomic E-state index is 0.169. The maximum Gasteiger partial charge on any atom is 0.410 e. The van der Waals surface area contributed by atoms with Gasteiger partial charge in [-0.2, -0.15) is 0 Å². The Bertz CT molecular complexity index is 488. The number of para-hydroxylation sites is 1. The quantitative estimate of drug-likeness (QED) is 0.835. The van der Waals surface area contributed by atoms with Crippen molar-refractivity contribution in [2.75, 3.05) is 31.6 Å². The van der Waals surface area contributed by atoms with Crippen molar-refractivity contribution < 1.29 is 9.53 Å². The number of benzene rings is 1. The molecule has 0 radical (unpaired) electrons. The molecule has 2 rings (SSSR count). The van der Waals surface area contributed by atoms with E-state index in [9.17, 15) is 4.79 Å². The van der Waals surface area contributed by atoms with Gasteiger partial charge in [-0.3, -0.25) is 0 Å². The fourth-order valence-corrected chi connectivity index (χ4v) is 2.92. The van der Waals surface area contributed by atoms with Crippen LogP contribution in [0.2, 0.25) is 0 Å². The first-order valence-corrected chi connectivity index (χ1v) is 8.59. The summed E-state index contributed by atoms with van der Waals surface area (Å²) in [7, 11) is 2.14. The number of likely N-dealkylation sites (tertiary alicyclic amines) is 1. The SMILES string of the molecule is CN(CCC1CCN(C(=O)OC(C)(C)C)CC1)c1ccccc1. The molecule has 0 bridgehead atoms. The lowest BCUT2D eigenvalue weighted by molar-refractivity contribution is 0.0182. The maximum absolute atomic E-state index is 12.1. The standard InChI is InChI=1S/C19H30N2O2/c1-19(2,3)23-18(22)21-14-11-16(12-15-21)10-13-20(4)17-8-6-5-7-9-17/h5-9,16H,10-15H2,1-4H3. The number of hydrogen-bond acceptors (Lipinski definition) is 3. The van der Waals surface area contributed by atoms with Crippen LogP contribution in [0.5, 0.6) is 0 Å². The van der Waals surface area contributed by atoms with Crippen LogP contribution in [0, 0.1) is 5.92 Å². The van der Waals surface area contributed by atoms with Gasteiger partial charge in [0.05, 0.1) is 0 Å². The van der Waals surface area contributed by atoms with Crippen molar-refractivity contribution in [3.05, 3.63) is 30.3 Å². The summed E-state index contributed by atoms with van der Waals surface area (Å²) in [6.07, 6.45) is 3.15. The highest BCUT2D eigenvalue weighted by Gasteiger charge is 2.26. The minimum atomic E-state index is -0.410. The van der Waals surface area contributed by atoms with Gasteiger partial charge in [-0.25, -0.2) is 4.79 Å². The third kappa shape index (κ3) is 5.77. The summed E-state index contributed by atoms with van der Waals surface area (Å²) in [4.78, 5) is 16.2. The summed E-state index contributed by atoms with van der Waals surface area (Å²) in [5.74, 6) is 0.694. The van der Waals surface area contributed by atoms with E-state index in [1.807, 2.05) is 31.7 Å². The monoisotopic (exact) mass is 318 g/mol. The molecule has 4 heteroatoms. The van der Waals surface area contributed by atoms with E-state index in [0.717, 1.165) is 32.5 Å². The first kappa shape index (κ1) is 17.6. The van der Waals surface area contributed by atoms with E-state index in [0.29, 0.717) is 5.92 Å². The van der Waals surface area contributed by atoms with Crippen LogP contribution < -0.4 is 4.90 Å². The van der Waals surface area contributed by atoms with Gasteiger partial charge in [0.1, 0.15) is 5.60 Å². The Balaban J connectivity index is 1.72. The average molecular weight is 318 g/mol. The predicted octanol–water partition coefficient (Wildman–Crippen LogP) is 4.16. The third-order valence-corrected chi connectivity index (χ3v) is 4.34. The molecule has 128 valence electrons. The smallest absolute Gasteiger partial charge is 0.410 e. The highest BCUT2D eigenvalue weighted by atomic mass is 16.6. The lowest BCUT2D eigenvalue weighted by Crippen LogP contribution is -2.42. The average Bonchev–Trinajstić information content (AvgIpc) is 2.52. The number of rotatable bonds is 4. The largest absolute Gasteiger partial charge is 0.444 e. The Morgan fingerprint density at radius 3 is 2.39 bits per heavy atom. The molecule has 0 atom stereocenters. The molecule has 1 aliphatic heterocycles. The van der Waals surface area contributed by atoms with Gasteiger partial charge in [-0.15, -0.1) is 0 Å². The first-order valence-electron chi connectivity index (χ1n) is 8.59. The number of carbonyl (C=O) groups excluding carboxylic acids is 1. The predicted molar refractivity (Wildman–Crippen MR) is 94.9 cm³/mol. The van der Waals surface area contributed by atoms with Crippen molar-refractivity contribution >= 4 is 11.8 Å². The highest BCUT2D eigenvalue weighted by Crippen LogP contribution is 2.23. The summed E-state index contributed by atoms with van der Waals surface area (Å²) in [5.41, 5.74) is 0.852. The Labute approximate surface area is 140 Å². The van der Waals surface area contributed by atoms with Crippen molar-refractivity contribution in [2.45, 2.75) is 45.6 Å². The van der Waals surface area contributed by atoms with Gasteiger partial charge >= 0.3 is 6.09 Å². The Hall–Kier alpha value is -1.71. The molecular weight excluding hydrogens is 288 g/mol. The van der Waals surface area contributed by atoms with E-state index in [2.05, 4.69) is 36.2 Å². The molecule has 0 unspecified atom stereocenters. The molecule has 1 amide bonds. The molecule has 1 aliphatic rings. The van der Waals surface area contributed by atoms with Crippen molar-refractivity contribution in [3.8, 4) is 0 Å². The number of carbonyl (C=O) groups is 1. The van der Waals surface area contributed by atoms with Gasteiger partial charge in [0.2, 0.25) is 0 Å². The van der Waals surface area contributed by atoms with Crippen molar-refractivity contribution in [2.24, 2.45) is 5.92 Å². The van der Waals surface area contributed by atoms with Gasteiger partial charge in [-0.05, 0) is 58.1 Å². The van der Waals surface area contributed by atoms with E-state index < -0.39 is 5.60 Å². The van der Waals surface area contributed by atoms with Crippen LogP contribution >= 0.6 is 0 Å². The zero-order valence-corrected chi connectivity index (χ0v) is 14.9. The number of hydrogen-bond donors (Lipinski definition) is 0. The first-order chi connectivity index (χ1) is 10.8. The number of amides is 1. The molecule has 1 fully saturated rings. The molecule has 0 saturated carbocycles. The molecule has 4 nitrogen and oxygen atoms in total. The molecular formula is C19H30N2O2. The van der Waals surface area contributed by atoms with E-state index >= 15 is 0 Å². The van der Waals surface area contributed by atoms with E-state index in [1.54, 1.807) is 0 Å². The number of anilines is 1. The maximum atomic E-state index is 12.1. The van der Waals surface area contributed by atoms with Crippen LogP contribution in [0.4, 0.5) is 10.5 Å². The van der Waals surface area contributed by atoms with Gasteiger partial charge in [0, 0.05) is 32.4 Å². The van der Waals surface area contributed by atoms with Crippen LogP contribution in [0.15, 0.2) is 30.3 Å².